The van der Waals surface area contributed by atoms with E-state index in [9.17, 15) is 4.79 Å². The summed E-state index contributed by atoms with van der Waals surface area (Å²) in [6, 6.07) is 10.7. The number of nitrogens with one attached hydrogen (secondary N) is 1. The number of piperidine rings is 1. The van der Waals surface area contributed by atoms with Crippen LogP contribution in [-0.2, 0) is 0 Å². The van der Waals surface area contributed by atoms with Gasteiger partial charge in [-0.2, -0.15) is 0 Å². The lowest BCUT2D eigenvalue weighted by Gasteiger charge is -2.32. The van der Waals surface area contributed by atoms with Crippen LogP contribution in [0.1, 0.15) is 36.0 Å². The minimum Gasteiger partial charge on any atom is -0.349 e. The van der Waals surface area contributed by atoms with Crippen LogP contribution in [0.4, 0.5) is 0 Å². The van der Waals surface area contributed by atoms with Crippen molar-refractivity contribution in [1.82, 2.24) is 10.2 Å². The van der Waals surface area contributed by atoms with Gasteiger partial charge in [0.1, 0.15) is 0 Å². The van der Waals surface area contributed by atoms with Gasteiger partial charge in [0.25, 0.3) is 5.91 Å². The normalized spacial score (nSPS) is 21.8. The summed E-state index contributed by atoms with van der Waals surface area (Å²) in [5, 5.41) is 3.15. The van der Waals surface area contributed by atoms with Gasteiger partial charge in [0.2, 0.25) is 0 Å². The number of likely N-dealkylation sites (tertiary alicyclic amines) is 1. The van der Waals surface area contributed by atoms with Crippen LogP contribution in [0.5, 0.6) is 0 Å². The maximum Gasteiger partial charge on any atom is 0.251 e. The van der Waals surface area contributed by atoms with Crippen LogP contribution in [0.2, 0.25) is 0 Å². The number of carbonyl (C=O) groups excluding carboxylic acids is 1. The first-order chi connectivity index (χ1) is 8.83. The second-order valence-corrected chi connectivity index (χ2v) is 5.38. The molecule has 96 valence electrons. The van der Waals surface area contributed by atoms with Crippen LogP contribution < -0.4 is 5.32 Å². The Labute approximate surface area is 108 Å². The van der Waals surface area contributed by atoms with Gasteiger partial charge in [-0.1, -0.05) is 18.2 Å². The van der Waals surface area contributed by atoms with Crippen LogP contribution in [0, 0.1) is 0 Å². The van der Waals surface area contributed by atoms with Gasteiger partial charge in [-0.3, -0.25) is 4.79 Å². The SMILES string of the molecule is O=C(NC1CCN(C2CC2)CC1)c1ccccc1. The maximum atomic E-state index is 12.0. The van der Waals surface area contributed by atoms with Crippen molar-refractivity contribution in [2.24, 2.45) is 0 Å². The predicted molar refractivity (Wildman–Crippen MR) is 71.5 cm³/mol. The smallest absolute Gasteiger partial charge is 0.251 e. The molecule has 0 atom stereocenters. The van der Waals surface area contributed by atoms with Gasteiger partial charge < -0.3 is 10.2 Å². The predicted octanol–water partition coefficient (Wildman–Crippen LogP) is 2.04. The van der Waals surface area contributed by atoms with Crippen LogP contribution in [0.15, 0.2) is 30.3 Å². The van der Waals surface area contributed by atoms with Crippen molar-refractivity contribution in [2.75, 3.05) is 13.1 Å². The molecule has 2 fully saturated rings. The molecule has 0 aromatic heterocycles. The average Bonchev–Trinajstić information content (AvgIpc) is 3.25. The lowest BCUT2D eigenvalue weighted by molar-refractivity contribution is 0.0909. The van der Waals surface area contributed by atoms with Crippen molar-refractivity contribution in [1.29, 1.82) is 0 Å². The molecule has 1 saturated carbocycles. The van der Waals surface area contributed by atoms with Crippen molar-refractivity contribution >= 4 is 5.91 Å². The topological polar surface area (TPSA) is 32.3 Å². The van der Waals surface area contributed by atoms with E-state index in [1.807, 2.05) is 30.3 Å². The van der Waals surface area contributed by atoms with Gasteiger partial charge in [0, 0.05) is 30.7 Å². The number of rotatable bonds is 3. The summed E-state index contributed by atoms with van der Waals surface area (Å²) < 4.78 is 0. The summed E-state index contributed by atoms with van der Waals surface area (Å²) in [5.41, 5.74) is 0.766. The standard InChI is InChI=1S/C15H20N2O/c18-15(12-4-2-1-3-5-12)16-13-8-10-17(11-9-13)14-6-7-14/h1-5,13-14H,6-11H2,(H,16,18). The summed E-state index contributed by atoms with van der Waals surface area (Å²) >= 11 is 0. The zero-order valence-corrected chi connectivity index (χ0v) is 10.6. The largest absolute Gasteiger partial charge is 0.349 e. The highest BCUT2D eigenvalue weighted by Gasteiger charge is 2.32. The molecule has 1 aliphatic heterocycles. The Hall–Kier alpha value is -1.35. The molecule has 3 rings (SSSR count). The Kier molecular flexibility index (Phi) is 3.33. The molecule has 18 heavy (non-hydrogen) atoms. The van der Waals surface area contributed by atoms with E-state index in [4.69, 9.17) is 0 Å². The summed E-state index contributed by atoms with van der Waals surface area (Å²) in [4.78, 5) is 14.6. The highest BCUT2D eigenvalue weighted by molar-refractivity contribution is 5.94. The van der Waals surface area contributed by atoms with Gasteiger partial charge in [0.15, 0.2) is 0 Å². The molecule has 1 heterocycles. The van der Waals surface area contributed by atoms with Crippen LogP contribution in [0.3, 0.4) is 0 Å². The molecule has 0 spiro atoms. The van der Waals surface area contributed by atoms with Crippen molar-refractivity contribution in [3.8, 4) is 0 Å². The van der Waals surface area contributed by atoms with E-state index in [1.165, 1.54) is 12.8 Å². The highest BCUT2D eigenvalue weighted by atomic mass is 16.1. The zero-order valence-electron chi connectivity index (χ0n) is 10.6. The van der Waals surface area contributed by atoms with E-state index in [1.54, 1.807) is 0 Å². The molecule has 1 amide bonds. The molecule has 0 unspecified atom stereocenters. The molecule has 0 bridgehead atoms. The minimum atomic E-state index is 0.0699. The van der Waals surface area contributed by atoms with Crippen molar-refractivity contribution < 1.29 is 4.79 Å². The molecule has 1 aliphatic carbocycles. The summed E-state index contributed by atoms with van der Waals surface area (Å²) in [7, 11) is 0. The first-order valence-corrected chi connectivity index (χ1v) is 6.93. The number of hydrogen-bond donors (Lipinski definition) is 1. The fourth-order valence-corrected chi connectivity index (χ4v) is 2.71. The molecule has 1 saturated heterocycles. The fourth-order valence-electron chi connectivity index (χ4n) is 2.71. The van der Waals surface area contributed by atoms with E-state index < -0.39 is 0 Å². The van der Waals surface area contributed by atoms with Gasteiger partial charge in [-0.25, -0.2) is 0 Å². The van der Waals surface area contributed by atoms with Gasteiger partial charge in [0.05, 0.1) is 0 Å². The Morgan fingerprint density at radius 1 is 1.06 bits per heavy atom. The lowest BCUT2D eigenvalue weighted by Crippen LogP contribution is -2.45. The third-order valence-corrected chi connectivity index (χ3v) is 3.96. The van der Waals surface area contributed by atoms with Crippen LogP contribution in [0.25, 0.3) is 0 Å². The molecular weight excluding hydrogens is 224 g/mol. The maximum absolute atomic E-state index is 12.0. The minimum absolute atomic E-state index is 0.0699. The molecular formula is C15H20N2O. The summed E-state index contributed by atoms with van der Waals surface area (Å²) in [5.74, 6) is 0.0699. The number of hydrogen-bond acceptors (Lipinski definition) is 2. The van der Waals surface area contributed by atoms with Crippen LogP contribution >= 0.6 is 0 Å². The molecule has 1 aromatic rings. The summed E-state index contributed by atoms with van der Waals surface area (Å²) in [6.07, 6.45) is 4.94. The summed E-state index contributed by atoms with van der Waals surface area (Å²) in [6.45, 7) is 2.29. The molecule has 2 aliphatic rings. The Balaban J connectivity index is 1.50. The fraction of sp³-hybridized carbons (Fsp3) is 0.533. The number of carbonyl (C=O) groups is 1. The first kappa shape index (κ1) is 11.7. The van der Waals surface area contributed by atoms with Gasteiger partial charge in [-0.15, -0.1) is 0 Å². The second-order valence-electron chi connectivity index (χ2n) is 5.38. The third-order valence-electron chi connectivity index (χ3n) is 3.96. The van der Waals surface area contributed by atoms with E-state index in [0.717, 1.165) is 37.5 Å². The molecule has 1 N–H and O–H groups in total. The Morgan fingerprint density at radius 2 is 1.72 bits per heavy atom. The first-order valence-electron chi connectivity index (χ1n) is 6.93. The van der Waals surface area contributed by atoms with Crippen molar-refractivity contribution in [2.45, 2.75) is 37.8 Å². The Morgan fingerprint density at radius 3 is 2.33 bits per heavy atom. The lowest BCUT2D eigenvalue weighted by atomic mass is 10.0. The van der Waals surface area contributed by atoms with Crippen LogP contribution in [-0.4, -0.2) is 36.0 Å². The van der Waals surface area contributed by atoms with E-state index in [-0.39, 0.29) is 5.91 Å². The number of nitrogens with zero attached hydrogens (tertiary/aromatic N) is 1. The molecule has 1 aromatic carbocycles. The third kappa shape index (κ3) is 2.72. The zero-order chi connectivity index (χ0) is 12.4. The Bertz CT molecular complexity index is 406. The highest BCUT2D eigenvalue weighted by Crippen LogP contribution is 2.29. The van der Waals surface area contributed by atoms with Gasteiger partial charge in [-0.05, 0) is 37.8 Å². The van der Waals surface area contributed by atoms with Crippen molar-refractivity contribution in [3.63, 3.8) is 0 Å². The molecule has 3 heteroatoms. The monoisotopic (exact) mass is 244 g/mol. The van der Waals surface area contributed by atoms with E-state index in [2.05, 4.69) is 10.2 Å². The molecule has 3 nitrogen and oxygen atoms in total. The average molecular weight is 244 g/mol. The number of benzene rings is 1. The van der Waals surface area contributed by atoms with Crippen molar-refractivity contribution in [3.05, 3.63) is 35.9 Å². The van der Waals surface area contributed by atoms with E-state index >= 15 is 0 Å². The quantitative estimate of drug-likeness (QED) is 0.882. The number of amides is 1. The second kappa shape index (κ2) is 5.11. The van der Waals surface area contributed by atoms with E-state index in [0.29, 0.717) is 6.04 Å². The van der Waals surface area contributed by atoms with Gasteiger partial charge >= 0.3 is 0 Å². The molecule has 0 radical (unpaired) electrons.